The van der Waals surface area contributed by atoms with E-state index in [1.165, 1.54) is 6.07 Å². The number of nitrogens with one attached hydrogen (secondary N) is 1. The summed E-state index contributed by atoms with van der Waals surface area (Å²) in [7, 11) is 0. The SMILES string of the molecule is NNc1cc(N2CCC(C(N)=O)C2)nc(C(F)(F)F)n1. The fourth-order valence-corrected chi connectivity index (χ4v) is 2.00. The van der Waals surface area contributed by atoms with Crippen molar-refractivity contribution in [2.75, 3.05) is 23.4 Å². The Morgan fingerprint density at radius 3 is 2.65 bits per heavy atom. The van der Waals surface area contributed by atoms with Gasteiger partial charge in [-0.15, -0.1) is 0 Å². The van der Waals surface area contributed by atoms with Gasteiger partial charge in [-0.05, 0) is 6.42 Å². The minimum atomic E-state index is -4.68. The summed E-state index contributed by atoms with van der Waals surface area (Å²) in [5, 5.41) is 0. The summed E-state index contributed by atoms with van der Waals surface area (Å²) < 4.78 is 38.1. The van der Waals surface area contributed by atoms with E-state index in [2.05, 4.69) is 15.4 Å². The van der Waals surface area contributed by atoms with Crippen molar-refractivity contribution in [3.05, 3.63) is 11.9 Å². The Balaban J connectivity index is 2.30. The number of anilines is 2. The Bertz CT molecular complexity index is 520. The summed E-state index contributed by atoms with van der Waals surface area (Å²) in [5.41, 5.74) is 7.25. The maximum absolute atomic E-state index is 12.7. The summed E-state index contributed by atoms with van der Waals surface area (Å²) >= 11 is 0. The Morgan fingerprint density at radius 1 is 1.45 bits per heavy atom. The lowest BCUT2D eigenvalue weighted by atomic mass is 10.1. The highest BCUT2D eigenvalue weighted by Gasteiger charge is 2.36. The van der Waals surface area contributed by atoms with Crippen LogP contribution >= 0.6 is 0 Å². The molecule has 1 aromatic heterocycles. The van der Waals surface area contributed by atoms with Gasteiger partial charge in [0.1, 0.15) is 11.6 Å². The van der Waals surface area contributed by atoms with Gasteiger partial charge >= 0.3 is 6.18 Å². The molecule has 1 unspecified atom stereocenters. The highest BCUT2D eigenvalue weighted by Crippen LogP contribution is 2.30. The van der Waals surface area contributed by atoms with Gasteiger partial charge in [-0.2, -0.15) is 13.2 Å². The molecule has 1 aromatic rings. The van der Waals surface area contributed by atoms with E-state index in [0.29, 0.717) is 13.0 Å². The third-order valence-corrected chi connectivity index (χ3v) is 3.03. The van der Waals surface area contributed by atoms with Gasteiger partial charge in [0.25, 0.3) is 0 Å². The summed E-state index contributed by atoms with van der Waals surface area (Å²) in [5.74, 6) is 2.86. The van der Waals surface area contributed by atoms with Crippen LogP contribution in [-0.4, -0.2) is 29.0 Å². The number of nitrogens with zero attached hydrogens (tertiary/aromatic N) is 3. The molecule has 1 aliphatic heterocycles. The van der Waals surface area contributed by atoms with Crippen LogP contribution in [0.5, 0.6) is 0 Å². The van der Waals surface area contributed by atoms with Crippen LogP contribution in [0.4, 0.5) is 24.8 Å². The zero-order valence-corrected chi connectivity index (χ0v) is 10.3. The van der Waals surface area contributed by atoms with Crippen LogP contribution in [0.25, 0.3) is 0 Å². The monoisotopic (exact) mass is 290 g/mol. The van der Waals surface area contributed by atoms with E-state index in [1.807, 2.05) is 0 Å². The molecule has 0 saturated carbocycles. The molecule has 1 saturated heterocycles. The molecule has 20 heavy (non-hydrogen) atoms. The fourth-order valence-electron chi connectivity index (χ4n) is 2.00. The largest absolute Gasteiger partial charge is 0.451 e. The minimum absolute atomic E-state index is 0.0593. The zero-order valence-electron chi connectivity index (χ0n) is 10.3. The zero-order chi connectivity index (χ0) is 14.9. The number of nitrogen functional groups attached to an aromatic ring is 1. The molecule has 2 heterocycles. The van der Waals surface area contributed by atoms with Crippen molar-refractivity contribution in [1.82, 2.24) is 9.97 Å². The molecule has 7 nitrogen and oxygen atoms in total. The Labute approximate surface area is 112 Å². The van der Waals surface area contributed by atoms with Crippen LogP contribution in [0.1, 0.15) is 12.2 Å². The van der Waals surface area contributed by atoms with E-state index in [1.54, 1.807) is 4.90 Å². The molecule has 5 N–H and O–H groups in total. The highest BCUT2D eigenvalue weighted by molar-refractivity contribution is 5.78. The molecule has 0 aromatic carbocycles. The second-order valence-corrected chi connectivity index (χ2v) is 4.41. The van der Waals surface area contributed by atoms with E-state index in [-0.39, 0.29) is 18.2 Å². The number of nitrogens with two attached hydrogens (primary N) is 2. The van der Waals surface area contributed by atoms with Crippen molar-refractivity contribution >= 4 is 17.5 Å². The number of carbonyl (C=O) groups is 1. The lowest BCUT2D eigenvalue weighted by Gasteiger charge is -2.19. The smallest absolute Gasteiger partial charge is 0.369 e. The Hall–Kier alpha value is -2.10. The highest BCUT2D eigenvalue weighted by atomic mass is 19.4. The number of primary amides is 1. The van der Waals surface area contributed by atoms with Crippen molar-refractivity contribution in [1.29, 1.82) is 0 Å². The quantitative estimate of drug-likeness (QED) is 0.537. The standard InChI is InChI=1S/C10H13F3N6O/c11-10(12,13)9-16-6(18-15)3-7(17-9)19-2-1-5(4-19)8(14)20/h3,5H,1-2,4,15H2,(H2,14,20)(H,16,17,18). The molecule has 2 rings (SSSR count). The molecule has 0 bridgehead atoms. The first kappa shape index (κ1) is 14.3. The molecule has 1 aliphatic rings. The topological polar surface area (TPSA) is 110 Å². The predicted molar refractivity (Wildman–Crippen MR) is 64.4 cm³/mol. The van der Waals surface area contributed by atoms with Crippen molar-refractivity contribution in [3.63, 3.8) is 0 Å². The average Bonchev–Trinajstić information content (AvgIpc) is 2.87. The molecular formula is C10H13F3N6O. The number of amides is 1. The van der Waals surface area contributed by atoms with Gasteiger partial charge in [-0.1, -0.05) is 0 Å². The van der Waals surface area contributed by atoms with Crippen molar-refractivity contribution in [3.8, 4) is 0 Å². The Morgan fingerprint density at radius 2 is 2.15 bits per heavy atom. The number of hydrazine groups is 1. The van der Waals surface area contributed by atoms with Crippen molar-refractivity contribution in [2.24, 2.45) is 17.5 Å². The molecular weight excluding hydrogens is 277 g/mol. The number of aromatic nitrogens is 2. The van der Waals surface area contributed by atoms with Gasteiger partial charge in [0.2, 0.25) is 11.7 Å². The number of rotatable bonds is 3. The van der Waals surface area contributed by atoms with Crippen molar-refractivity contribution < 1.29 is 18.0 Å². The fraction of sp³-hybridized carbons (Fsp3) is 0.500. The van der Waals surface area contributed by atoms with Crippen LogP contribution in [0, 0.1) is 5.92 Å². The summed E-state index contributed by atoms with van der Waals surface area (Å²) in [6.07, 6.45) is -4.20. The molecule has 0 aliphatic carbocycles. The van der Waals surface area contributed by atoms with Gasteiger partial charge in [0.15, 0.2) is 0 Å². The summed E-state index contributed by atoms with van der Waals surface area (Å²) in [6.45, 7) is 0.625. The third-order valence-electron chi connectivity index (χ3n) is 3.03. The van der Waals surface area contributed by atoms with Crippen LogP contribution < -0.4 is 21.9 Å². The van der Waals surface area contributed by atoms with Gasteiger partial charge in [-0.3, -0.25) is 4.79 Å². The van der Waals surface area contributed by atoms with E-state index < -0.39 is 23.8 Å². The maximum atomic E-state index is 12.7. The molecule has 1 fully saturated rings. The second kappa shape index (κ2) is 5.12. The predicted octanol–water partition coefficient (Wildman–Crippen LogP) is 0.0926. The van der Waals surface area contributed by atoms with Gasteiger partial charge in [0.05, 0.1) is 5.92 Å². The van der Waals surface area contributed by atoms with E-state index in [0.717, 1.165) is 0 Å². The van der Waals surface area contributed by atoms with Gasteiger partial charge < -0.3 is 16.1 Å². The molecule has 10 heteroatoms. The number of alkyl halides is 3. The van der Waals surface area contributed by atoms with Gasteiger partial charge in [-0.25, -0.2) is 15.8 Å². The Kier molecular flexibility index (Phi) is 3.66. The molecule has 0 radical (unpaired) electrons. The number of hydrogen-bond donors (Lipinski definition) is 3. The lowest BCUT2D eigenvalue weighted by molar-refractivity contribution is -0.144. The first-order valence-electron chi connectivity index (χ1n) is 5.78. The van der Waals surface area contributed by atoms with E-state index in [4.69, 9.17) is 11.6 Å². The van der Waals surface area contributed by atoms with Crippen LogP contribution in [0.15, 0.2) is 6.07 Å². The van der Waals surface area contributed by atoms with Crippen LogP contribution in [-0.2, 0) is 11.0 Å². The average molecular weight is 290 g/mol. The summed E-state index contributed by atoms with van der Waals surface area (Å²) in [4.78, 5) is 19.4. The lowest BCUT2D eigenvalue weighted by Crippen LogP contribution is -2.28. The summed E-state index contributed by atoms with van der Waals surface area (Å²) in [6, 6.07) is 1.29. The van der Waals surface area contributed by atoms with E-state index in [9.17, 15) is 18.0 Å². The van der Waals surface area contributed by atoms with Gasteiger partial charge in [0, 0.05) is 19.2 Å². The molecule has 1 amide bonds. The maximum Gasteiger partial charge on any atom is 0.451 e. The van der Waals surface area contributed by atoms with Crippen LogP contribution in [0.3, 0.4) is 0 Å². The van der Waals surface area contributed by atoms with E-state index >= 15 is 0 Å². The number of halogens is 3. The number of carbonyl (C=O) groups excluding carboxylic acids is 1. The van der Waals surface area contributed by atoms with Crippen molar-refractivity contribution in [2.45, 2.75) is 12.6 Å². The first-order valence-corrected chi connectivity index (χ1v) is 5.78. The molecule has 1 atom stereocenters. The third kappa shape index (κ3) is 2.90. The first-order chi connectivity index (χ1) is 9.31. The minimum Gasteiger partial charge on any atom is -0.369 e. The molecule has 0 spiro atoms. The number of hydrogen-bond acceptors (Lipinski definition) is 6. The molecule has 110 valence electrons. The van der Waals surface area contributed by atoms with Crippen LogP contribution in [0.2, 0.25) is 0 Å². The normalized spacial score (nSPS) is 19.2. The second-order valence-electron chi connectivity index (χ2n) is 4.41.